The number of methoxy groups -OCH3 is 1. The van der Waals surface area contributed by atoms with Gasteiger partial charge in [-0.05, 0) is 68.7 Å². The van der Waals surface area contributed by atoms with E-state index in [2.05, 4.69) is 20.9 Å². The second-order valence-electron chi connectivity index (χ2n) is 6.77. The van der Waals surface area contributed by atoms with E-state index < -0.39 is 12.3 Å². The van der Waals surface area contributed by atoms with Gasteiger partial charge in [0.15, 0.2) is 0 Å². The van der Waals surface area contributed by atoms with E-state index in [0.717, 1.165) is 41.9 Å². The first-order valence-electron chi connectivity index (χ1n) is 8.73. The predicted molar refractivity (Wildman–Crippen MR) is 99.8 cm³/mol. The normalized spacial score (nSPS) is 19.8. The van der Waals surface area contributed by atoms with E-state index in [1.54, 1.807) is 0 Å². The highest BCUT2D eigenvalue weighted by atomic mass is 19.1. The van der Waals surface area contributed by atoms with E-state index in [0.29, 0.717) is 25.3 Å². The summed E-state index contributed by atoms with van der Waals surface area (Å²) in [4.78, 5) is 13.7. The molecule has 1 N–H and O–H groups in total. The Morgan fingerprint density at radius 3 is 2.44 bits per heavy atom. The molecule has 5 heteroatoms. The van der Waals surface area contributed by atoms with E-state index in [1.807, 2.05) is 26.0 Å². The Kier molecular flexibility index (Phi) is 6.69. The second-order valence-corrected chi connectivity index (χ2v) is 6.77. The zero-order chi connectivity index (χ0) is 18.4. The molecule has 1 saturated carbocycles. The number of carbonyl (C=O) groups is 1. The fraction of sp³-hybridized carbons (Fsp3) is 0.550. The van der Waals surface area contributed by atoms with Crippen LogP contribution in [0.5, 0.6) is 0 Å². The van der Waals surface area contributed by atoms with Crippen LogP contribution in [-0.2, 0) is 4.74 Å². The standard InChI is InChI=1S/C20H27FN2O2/c1-5-10-23(13-16-6-8-17(21)9-7-16)18-11-14(2)19(15(3)12-18)22-20(24)25-4/h1,11-12,16-17H,6-10,13H2,2-4H3,(H,22,24). The van der Waals surface area contributed by atoms with Crippen molar-refractivity contribution < 1.29 is 13.9 Å². The topological polar surface area (TPSA) is 41.6 Å². The fourth-order valence-electron chi connectivity index (χ4n) is 3.46. The van der Waals surface area contributed by atoms with Crippen molar-refractivity contribution in [2.24, 2.45) is 5.92 Å². The molecule has 1 fully saturated rings. The average molecular weight is 346 g/mol. The van der Waals surface area contributed by atoms with Gasteiger partial charge in [0, 0.05) is 17.9 Å². The van der Waals surface area contributed by atoms with Crippen LogP contribution in [0.15, 0.2) is 12.1 Å². The van der Waals surface area contributed by atoms with Gasteiger partial charge < -0.3 is 9.64 Å². The SMILES string of the molecule is C#CCN(CC1CCC(F)CC1)c1cc(C)c(NC(=O)OC)c(C)c1. The third-order valence-corrected chi connectivity index (χ3v) is 4.83. The number of terminal acetylenes is 1. The van der Waals surface area contributed by atoms with Crippen molar-refractivity contribution >= 4 is 17.5 Å². The number of alkyl halides is 1. The maximum absolute atomic E-state index is 13.4. The van der Waals surface area contributed by atoms with Crippen LogP contribution in [0.1, 0.15) is 36.8 Å². The maximum atomic E-state index is 13.4. The second kappa shape index (κ2) is 8.75. The molecule has 0 spiro atoms. The van der Waals surface area contributed by atoms with Gasteiger partial charge in [0.05, 0.1) is 13.7 Å². The monoisotopic (exact) mass is 346 g/mol. The summed E-state index contributed by atoms with van der Waals surface area (Å²) >= 11 is 0. The van der Waals surface area contributed by atoms with Gasteiger partial charge in [-0.1, -0.05) is 5.92 Å². The summed E-state index contributed by atoms with van der Waals surface area (Å²) in [6.45, 7) is 5.24. The molecule has 4 nitrogen and oxygen atoms in total. The maximum Gasteiger partial charge on any atom is 0.411 e. The molecule has 25 heavy (non-hydrogen) atoms. The van der Waals surface area contributed by atoms with Crippen molar-refractivity contribution in [1.29, 1.82) is 0 Å². The molecule has 136 valence electrons. The number of halogens is 1. The molecule has 0 heterocycles. The minimum atomic E-state index is -0.648. The molecule has 0 saturated heterocycles. The lowest BCUT2D eigenvalue weighted by Gasteiger charge is -2.31. The van der Waals surface area contributed by atoms with Gasteiger partial charge in [0.2, 0.25) is 0 Å². The van der Waals surface area contributed by atoms with Crippen LogP contribution < -0.4 is 10.2 Å². The van der Waals surface area contributed by atoms with Crippen LogP contribution >= 0.6 is 0 Å². The molecule has 0 aromatic heterocycles. The molecule has 1 amide bonds. The minimum absolute atomic E-state index is 0.467. The number of rotatable bonds is 5. The summed E-state index contributed by atoms with van der Waals surface area (Å²) in [5.41, 5.74) is 3.70. The van der Waals surface area contributed by atoms with Gasteiger partial charge in [-0.2, -0.15) is 0 Å². The minimum Gasteiger partial charge on any atom is -0.453 e. The van der Waals surface area contributed by atoms with Crippen LogP contribution in [0.4, 0.5) is 20.6 Å². The lowest BCUT2D eigenvalue weighted by molar-refractivity contribution is 0.187. The highest BCUT2D eigenvalue weighted by Crippen LogP contribution is 2.31. The number of anilines is 2. The van der Waals surface area contributed by atoms with E-state index in [-0.39, 0.29) is 0 Å². The zero-order valence-corrected chi connectivity index (χ0v) is 15.3. The molecular formula is C20H27FN2O2. The number of aryl methyl sites for hydroxylation is 2. The largest absolute Gasteiger partial charge is 0.453 e. The first-order valence-corrected chi connectivity index (χ1v) is 8.73. The van der Waals surface area contributed by atoms with Crippen LogP contribution in [-0.4, -0.2) is 32.5 Å². The molecule has 0 bridgehead atoms. The highest BCUT2D eigenvalue weighted by molar-refractivity contribution is 5.87. The van der Waals surface area contributed by atoms with Crippen LogP contribution in [0.3, 0.4) is 0 Å². The number of ether oxygens (including phenoxy) is 1. The van der Waals surface area contributed by atoms with Crippen LogP contribution in [0, 0.1) is 32.1 Å². The number of hydrogen-bond acceptors (Lipinski definition) is 3. The summed E-state index contributed by atoms with van der Waals surface area (Å²) < 4.78 is 18.0. The lowest BCUT2D eigenvalue weighted by Crippen LogP contribution is -2.32. The molecule has 1 aromatic rings. The van der Waals surface area contributed by atoms with Crippen molar-refractivity contribution in [3.05, 3.63) is 23.3 Å². The Morgan fingerprint density at radius 2 is 1.92 bits per heavy atom. The first-order chi connectivity index (χ1) is 11.9. The van der Waals surface area contributed by atoms with Gasteiger partial charge in [-0.15, -0.1) is 6.42 Å². The molecule has 0 radical (unpaired) electrons. The Morgan fingerprint density at radius 1 is 1.32 bits per heavy atom. The van der Waals surface area contributed by atoms with Crippen molar-refractivity contribution in [3.63, 3.8) is 0 Å². The van der Waals surface area contributed by atoms with Gasteiger partial charge in [-0.3, -0.25) is 5.32 Å². The van der Waals surface area contributed by atoms with Gasteiger partial charge >= 0.3 is 6.09 Å². The average Bonchev–Trinajstić information content (AvgIpc) is 2.59. The van der Waals surface area contributed by atoms with Crippen molar-refractivity contribution in [2.45, 2.75) is 45.7 Å². The molecule has 1 aliphatic carbocycles. The van der Waals surface area contributed by atoms with Crippen LogP contribution in [0.25, 0.3) is 0 Å². The molecule has 1 aliphatic rings. The lowest BCUT2D eigenvalue weighted by atomic mass is 9.87. The summed E-state index contributed by atoms with van der Waals surface area (Å²) in [7, 11) is 1.34. The summed E-state index contributed by atoms with van der Waals surface area (Å²) in [5, 5.41) is 2.75. The summed E-state index contributed by atoms with van der Waals surface area (Å²) in [6, 6.07) is 4.05. The number of hydrogen-bond donors (Lipinski definition) is 1. The molecule has 1 aromatic carbocycles. The quantitative estimate of drug-likeness (QED) is 0.801. The van der Waals surface area contributed by atoms with Crippen molar-refractivity contribution in [3.8, 4) is 12.3 Å². The van der Waals surface area contributed by atoms with Gasteiger partial charge in [0.1, 0.15) is 6.17 Å². The summed E-state index contributed by atoms with van der Waals surface area (Å²) in [5.74, 6) is 3.19. The van der Waals surface area contributed by atoms with Crippen molar-refractivity contribution in [2.75, 3.05) is 30.4 Å². The predicted octanol–water partition coefficient (Wildman–Crippen LogP) is 4.45. The molecule has 0 unspecified atom stereocenters. The highest BCUT2D eigenvalue weighted by Gasteiger charge is 2.23. The van der Waals surface area contributed by atoms with E-state index >= 15 is 0 Å². The van der Waals surface area contributed by atoms with E-state index in [4.69, 9.17) is 6.42 Å². The molecule has 0 atom stereocenters. The number of amides is 1. The summed E-state index contributed by atoms with van der Waals surface area (Å²) in [6.07, 6.45) is 7.53. The Bertz CT molecular complexity index is 623. The van der Waals surface area contributed by atoms with Crippen molar-refractivity contribution in [1.82, 2.24) is 0 Å². The Hall–Kier alpha value is -2.22. The number of nitrogens with zero attached hydrogens (tertiary/aromatic N) is 1. The van der Waals surface area contributed by atoms with E-state index in [9.17, 15) is 9.18 Å². The van der Waals surface area contributed by atoms with Gasteiger partial charge in [0.25, 0.3) is 0 Å². The van der Waals surface area contributed by atoms with E-state index in [1.165, 1.54) is 7.11 Å². The fourth-order valence-corrected chi connectivity index (χ4v) is 3.46. The number of nitrogens with one attached hydrogen (secondary N) is 1. The molecule has 2 rings (SSSR count). The smallest absolute Gasteiger partial charge is 0.411 e. The third-order valence-electron chi connectivity index (χ3n) is 4.83. The Balaban J connectivity index is 2.17. The first kappa shape index (κ1) is 19.1. The van der Waals surface area contributed by atoms with Gasteiger partial charge in [-0.25, -0.2) is 9.18 Å². The zero-order valence-electron chi connectivity index (χ0n) is 15.3. The number of carbonyl (C=O) groups excluding carboxylic acids is 1. The molecular weight excluding hydrogens is 319 g/mol. The van der Waals surface area contributed by atoms with Crippen LogP contribution in [0.2, 0.25) is 0 Å². The Labute approximate surface area is 149 Å². The molecule has 0 aliphatic heterocycles. The number of benzene rings is 1. The third kappa shape index (κ3) is 5.12.